The van der Waals surface area contributed by atoms with E-state index < -0.39 is 18.7 Å². The minimum atomic E-state index is -4.22. The Kier molecular flexibility index (Phi) is 6.92. The lowest BCUT2D eigenvalue weighted by atomic mass is 9.98. The van der Waals surface area contributed by atoms with Gasteiger partial charge in [0.25, 0.3) is 0 Å². The van der Waals surface area contributed by atoms with Crippen LogP contribution in [0.25, 0.3) is 16.9 Å². The third-order valence-corrected chi connectivity index (χ3v) is 6.27. The van der Waals surface area contributed by atoms with Crippen molar-refractivity contribution < 1.29 is 22.7 Å². The smallest absolute Gasteiger partial charge is 0.401 e. The van der Waals surface area contributed by atoms with Gasteiger partial charge in [-0.05, 0) is 45.9 Å². The first-order chi connectivity index (χ1) is 16.4. The number of hydrogen-bond donors (Lipinski definition) is 0. The average molecular weight is 493 g/mol. The minimum Gasteiger partial charge on any atom is -0.459 e. The van der Waals surface area contributed by atoms with E-state index in [0.29, 0.717) is 49.0 Å². The molecule has 0 spiro atoms. The molecular formula is C24H31F3N6O2. The zero-order valence-electron chi connectivity index (χ0n) is 20.6. The van der Waals surface area contributed by atoms with Crippen LogP contribution in [0.15, 0.2) is 24.4 Å². The van der Waals surface area contributed by atoms with E-state index in [4.69, 9.17) is 4.74 Å². The van der Waals surface area contributed by atoms with Gasteiger partial charge < -0.3 is 9.14 Å². The van der Waals surface area contributed by atoms with Crippen molar-refractivity contribution in [2.75, 3.05) is 32.7 Å². The summed E-state index contributed by atoms with van der Waals surface area (Å²) in [7, 11) is 1.77. The Morgan fingerprint density at radius 2 is 1.86 bits per heavy atom. The number of carbonyl (C=O) groups excluding carboxylic acids is 1. The molecule has 35 heavy (non-hydrogen) atoms. The zero-order chi connectivity index (χ0) is 25.5. The Hall–Kier alpha value is -2.92. The third kappa shape index (κ3) is 5.35. The predicted octanol–water partition coefficient (Wildman–Crippen LogP) is 3.85. The highest BCUT2D eigenvalue weighted by Crippen LogP contribution is 2.36. The summed E-state index contributed by atoms with van der Waals surface area (Å²) in [5.74, 6) is 0.645. The quantitative estimate of drug-likeness (QED) is 0.487. The van der Waals surface area contributed by atoms with Gasteiger partial charge in [-0.1, -0.05) is 0 Å². The molecule has 11 heteroatoms. The molecule has 1 unspecified atom stereocenters. The van der Waals surface area contributed by atoms with Crippen molar-refractivity contribution in [1.82, 2.24) is 29.0 Å². The van der Waals surface area contributed by atoms with Gasteiger partial charge in [-0.3, -0.25) is 9.80 Å². The maximum atomic E-state index is 13.2. The molecule has 1 aliphatic heterocycles. The van der Waals surface area contributed by atoms with Crippen molar-refractivity contribution in [3.8, 4) is 11.4 Å². The highest BCUT2D eigenvalue weighted by Gasteiger charge is 2.35. The number of ether oxygens (including phenoxy) is 1. The number of aryl methyl sites for hydroxylation is 2. The molecule has 4 rings (SSSR count). The topological polar surface area (TPSA) is 67.9 Å². The van der Waals surface area contributed by atoms with Crippen LogP contribution in [0.2, 0.25) is 0 Å². The van der Waals surface area contributed by atoms with E-state index in [1.807, 2.05) is 29.7 Å². The zero-order valence-corrected chi connectivity index (χ0v) is 20.6. The van der Waals surface area contributed by atoms with Crippen molar-refractivity contribution in [2.24, 2.45) is 7.05 Å². The summed E-state index contributed by atoms with van der Waals surface area (Å²) in [5.41, 5.74) is 2.65. The van der Waals surface area contributed by atoms with E-state index in [-0.39, 0.29) is 12.1 Å². The maximum Gasteiger partial charge on any atom is 0.401 e. The van der Waals surface area contributed by atoms with Gasteiger partial charge in [-0.15, -0.1) is 0 Å². The molecule has 1 atom stereocenters. The van der Waals surface area contributed by atoms with Gasteiger partial charge in [0.05, 0.1) is 29.5 Å². The number of rotatable bonds is 6. The van der Waals surface area contributed by atoms with Crippen LogP contribution in [-0.2, 0) is 11.8 Å². The molecule has 0 amide bonds. The Morgan fingerprint density at radius 3 is 2.43 bits per heavy atom. The molecule has 1 saturated heterocycles. The molecule has 0 aliphatic carbocycles. The second-order valence-corrected chi connectivity index (χ2v) is 9.28. The lowest BCUT2D eigenvalue weighted by Crippen LogP contribution is -2.49. The van der Waals surface area contributed by atoms with Gasteiger partial charge in [0.15, 0.2) is 5.82 Å². The first-order valence-electron chi connectivity index (χ1n) is 11.7. The van der Waals surface area contributed by atoms with Crippen LogP contribution in [0.3, 0.4) is 0 Å². The molecule has 8 nitrogen and oxygen atoms in total. The van der Waals surface area contributed by atoms with Crippen LogP contribution in [0, 0.1) is 6.92 Å². The summed E-state index contributed by atoms with van der Waals surface area (Å²) in [6.45, 7) is 8.05. The lowest BCUT2D eigenvalue weighted by molar-refractivity contribution is -0.149. The molecule has 1 fully saturated rings. The fourth-order valence-electron chi connectivity index (χ4n) is 4.76. The van der Waals surface area contributed by atoms with Gasteiger partial charge in [-0.2, -0.15) is 18.3 Å². The standard InChI is InChI=1S/C24H31F3N6O2/c1-15(2)35-23(34)19-13-18-7-6-8-33(18)21(20(19)22-28-17(4)29-30(22)5)16(3)32-11-9-31(10-12-32)14-24(25,26)27/h6-8,13,15-16H,9-12,14H2,1-5H3. The molecule has 0 N–H and O–H groups in total. The molecule has 0 aromatic carbocycles. The Balaban J connectivity index is 1.81. The van der Waals surface area contributed by atoms with E-state index in [2.05, 4.69) is 15.0 Å². The van der Waals surface area contributed by atoms with E-state index in [1.54, 1.807) is 38.6 Å². The van der Waals surface area contributed by atoms with E-state index in [9.17, 15) is 18.0 Å². The molecule has 0 radical (unpaired) electrons. The van der Waals surface area contributed by atoms with Crippen LogP contribution >= 0.6 is 0 Å². The van der Waals surface area contributed by atoms with Crippen LogP contribution in [0.5, 0.6) is 0 Å². The number of hydrogen-bond acceptors (Lipinski definition) is 6. The minimum absolute atomic E-state index is 0.211. The monoisotopic (exact) mass is 492 g/mol. The number of piperazine rings is 1. The predicted molar refractivity (Wildman–Crippen MR) is 125 cm³/mol. The molecule has 0 bridgehead atoms. The van der Waals surface area contributed by atoms with Gasteiger partial charge >= 0.3 is 12.1 Å². The van der Waals surface area contributed by atoms with Gasteiger partial charge in [-0.25, -0.2) is 14.5 Å². The summed E-state index contributed by atoms with van der Waals surface area (Å²) < 4.78 is 47.9. The molecule has 4 heterocycles. The summed E-state index contributed by atoms with van der Waals surface area (Å²) >= 11 is 0. The number of aromatic nitrogens is 4. The van der Waals surface area contributed by atoms with Crippen LogP contribution in [0.4, 0.5) is 13.2 Å². The summed E-state index contributed by atoms with van der Waals surface area (Å²) in [4.78, 5) is 21.4. The molecule has 3 aromatic rings. The fraction of sp³-hybridized carbons (Fsp3) is 0.542. The SMILES string of the molecule is Cc1nc(-c2c(C(=O)OC(C)C)cc3cccn3c2C(C)N2CCN(CC(F)(F)F)CC2)n(C)n1. The first-order valence-corrected chi connectivity index (χ1v) is 11.7. The van der Waals surface area contributed by atoms with Gasteiger partial charge in [0, 0.05) is 51.0 Å². The normalized spacial score (nSPS) is 16.8. The Morgan fingerprint density at radius 1 is 1.17 bits per heavy atom. The maximum absolute atomic E-state index is 13.2. The van der Waals surface area contributed by atoms with E-state index in [1.165, 1.54) is 4.90 Å². The number of nitrogens with zero attached hydrogens (tertiary/aromatic N) is 6. The third-order valence-electron chi connectivity index (χ3n) is 6.27. The Labute approximate surface area is 202 Å². The van der Waals surface area contributed by atoms with Gasteiger partial charge in [0.1, 0.15) is 5.82 Å². The van der Waals surface area contributed by atoms with Crippen molar-refractivity contribution >= 4 is 11.5 Å². The van der Waals surface area contributed by atoms with Crippen LogP contribution in [-0.4, -0.2) is 79.9 Å². The molecule has 3 aromatic heterocycles. The number of alkyl halides is 3. The Bertz CT molecular complexity index is 1210. The van der Waals surface area contributed by atoms with Crippen molar-refractivity contribution in [3.63, 3.8) is 0 Å². The average Bonchev–Trinajstić information content (AvgIpc) is 3.36. The highest BCUT2D eigenvalue weighted by atomic mass is 19.4. The number of fused-ring (bicyclic) bond motifs is 1. The summed E-state index contributed by atoms with van der Waals surface area (Å²) in [6.07, 6.45) is -2.60. The first kappa shape index (κ1) is 25.2. The van der Waals surface area contributed by atoms with Crippen molar-refractivity contribution in [2.45, 2.75) is 46.0 Å². The molecule has 1 aliphatic rings. The van der Waals surface area contributed by atoms with E-state index in [0.717, 1.165) is 11.2 Å². The largest absolute Gasteiger partial charge is 0.459 e. The number of halogens is 3. The number of carbonyl (C=O) groups is 1. The molecule has 0 saturated carbocycles. The second-order valence-electron chi connectivity index (χ2n) is 9.28. The summed E-state index contributed by atoms with van der Waals surface area (Å²) in [6, 6.07) is 5.39. The fourth-order valence-corrected chi connectivity index (χ4v) is 4.76. The van der Waals surface area contributed by atoms with Gasteiger partial charge in [0.2, 0.25) is 0 Å². The number of pyridine rings is 1. The lowest BCUT2D eigenvalue weighted by Gasteiger charge is -2.39. The van der Waals surface area contributed by atoms with Crippen LogP contribution < -0.4 is 0 Å². The molecular weight excluding hydrogens is 461 g/mol. The second kappa shape index (κ2) is 9.62. The number of esters is 1. The van der Waals surface area contributed by atoms with Crippen LogP contribution in [0.1, 0.15) is 48.7 Å². The van der Waals surface area contributed by atoms with E-state index >= 15 is 0 Å². The molecule has 190 valence electrons. The van der Waals surface area contributed by atoms with Crippen molar-refractivity contribution in [1.29, 1.82) is 0 Å². The highest BCUT2D eigenvalue weighted by molar-refractivity contribution is 5.98. The summed E-state index contributed by atoms with van der Waals surface area (Å²) in [5, 5.41) is 4.39. The van der Waals surface area contributed by atoms with Crippen molar-refractivity contribution in [3.05, 3.63) is 41.5 Å².